The van der Waals surface area contributed by atoms with Crippen LogP contribution in [0.4, 0.5) is 0 Å². The van der Waals surface area contributed by atoms with Gasteiger partial charge in [0.2, 0.25) is 11.8 Å². The summed E-state index contributed by atoms with van der Waals surface area (Å²) in [7, 11) is 0. The molecule has 1 saturated heterocycles. The molecule has 7 nitrogen and oxygen atoms in total. The lowest BCUT2D eigenvalue weighted by Crippen LogP contribution is -2.43. The molecule has 150 valence electrons. The highest BCUT2D eigenvalue weighted by Crippen LogP contribution is 2.28. The van der Waals surface area contributed by atoms with E-state index in [4.69, 9.17) is 15.2 Å². The van der Waals surface area contributed by atoms with E-state index in [0.29, 0.717) is 26.3 Å². The SMILES string of the molecule is CCOc1ccc(CCNC(=O)CN2CCC(C(N)=O)CC2)cc1OCC. The molecule has 0 aliphatic carbocycles. The van der Waals surface area contributed by atoms with Crippen LogP contribution in [0.15, 0.2) is 18.2 Å². The van der Waals surface area contributed by atoms with Gasteiger partial charge in [-0.2, -0.15) is 0 Å². The Morgan fingerprint density at radius 2 is 1.81 bits per heavy atom. The summed E-state index contributed by atoms with van der Waals surface area (Å²) in [5, 5.41) is 2.96. The molecule has 1 aromatic carbocycles. The molecule has 1 aliphatic rings. The molecule has 0 radical (unpaired) electrons. The minimum Gasteiger partial charge on any atom is -0.490 e. The zero-order valence-corrected chi connectivity index (χ0v) is 16.3. The predicted molar refractivity (Wildman–Crippen MR) is 104 cm³/mol. The molecule has 1 fully saturated rings. The van der Waals surface area contributed by atoms with Gasteiger partial charge in [0, 0.05) is 12.5 Å². The fourth-order valence-electron chi connectivity index (χ4n) is 3.23. The van der Waals surface area contributed by atoms with Crippen LogP contribution in [-0.2, 0) is 16.0 Å². The predicted octanol–water partition coefficient (Wildman–Crippen LogP) is 1.34. The number of nitrogens with one attached hydrogen (secondary N) is 1. The average Bonchev–Trinajstić information content (AvgIpc) is 2.64. The van der Waals surface area contributed by atoms with Gasteiger partial charge in [0.25, 0.3) is 0 Å². The van der Waals surface area contributed by atoms with Crippen molar-refractivity contribution in [3.05, 3.63) is 23.8 Å². The fourth-order valence-corrected chi connectivity index (χ4v) is 3.23. The first-order valence-corrected chi connectivity index (χ1v) is 9.70. The molecule has 0 aromatic heterocycles. The quantitative estimate of drug-likeness (QED) is 0.642. The van der Waals surface area contributed by atoms with E-state index >= 15 is 0 Å². The number of benzene rings is 1. The summed E-state index contributed by atoms with van der Waals surface area (Å²) in [6.07, 6.45) is 2.19. The summed E-state index contributed by atoms with van der Waals surface area (Å²) in [5.41, 5.74) is 6.42. The van der Waals surface area contributed by atoms with Crippen molar-refractivity contribution in [3.63, 3.8) is 0 Å². The second-order valence-electron chi connectivity index (χ2n) is 6.70. The first-order chi connectivity index (χ1) is 13.0. The Morgan fingerprint density at radius 1 is 1.15 bits per heavy atom. The molecule has 0 atom stereocenters. The monoisotopic (exact) mass is 377 g/mol. The molecule has 0 unspecified atom stereocenters. The van der Waals surface area contributed by atoms with Crippen LogP contribution in [0.25, 0.3) is 0 Å². The van der Waals surface area contributed by atoms with E-state index in [1.54, 1.807) is 0 Å². The third-order valence-corrected chi connectivity index (χ3v) is 4.70. The lowest BCUT2D eigenvalue weighted by Gasteiger charge is -2.29. The van der Waals surface area contributed by atoms with Gasteiger partial charge in [-0.25, -0.2) is 0 Å². The number of hydrogen-bond donors (Lipinski definition) is 2. The summed E-state index contributed by atoms with van der Waals surface area (Å²) in [6.45, 7) is 7.44. The zero-order chi connectivity index (χ0) is 19.6. The van der Waals surface area contributed by atoms with Crippen LogP contribution in [0.5, 0.6) is 11.5 Å². The van der Waals surface area contributed by atoms with Gasteiger partial charge in [0.15, 0.2) is 11.5 Å². The Kier molecular flexibility index (Phi) is 8.39. The van der Waals surface area contributed by atoms with Crippen LogP contribution in [0.1, 0.15) is 32.3 Å². The third-order valence-electron chi connectivity index (χ3n) is 4.70. The molecular weight excluding hydrogens is 346 g/mol. The maximum Gasteiger partial charge on any atom is 0.234 e. The van der Waals surface area contributed by atoms with Gasteiger partial charge >= 0.3 is 0 Å². The van der Waals surface area contributed by atoms with E-state index < -0.39 is 0 Å². The smallest absolute Gasteiger partial charge is 0.234 e. The topological polar surface area (TPSA) is 93.9 Å². The third kappa shape index (κ3) is 6.75. The number of nitrogens with zero attached hydrogens (tertiary/aromatic N) is 1. The highest BCUT2D eigenvalue weighted by molar-refractivity contribution is 5.78. The number of carbonyl (C=O) groups excluding carboxylic acids is 2. The van der Waals surface area contributed by atoms with E-state index in [2.05, 4.69) is 10.2 Å². The highest BCUT2D eigenvalue weighted by atomic mass is 16.5. The largest absolute Gasteiger partial charge is 0.490 e. The molecular formula is C20H31N3O4. The Balaban J connectivity index is 1.74. The number of hydrogen-bond acceptors (Lipinski definition) is 5. The van der Waals surface area contributed by atoms with E-state index in [0.717, 1.165) is 49.4 Å². The number of amides is 2. The second-order valence-corrected chi connectivity index (χ2v) is 6.70. The minimum atomic E-state index is -0.235. The summed E-state index contributed by atoms with van der Waals surface area (Å²) >= 11 is 0. The van der Waals surface area contributed by atoms with Crippen molar-refractivity contribution in [3.8, 4) is 11.5 Å². The maximum atomic E-state index is 12.1. The first kappa shape index (κ1) is 21.0. The van der Waals surface area contributed by atoms with E-state index in [1.807, 2.05) is 32.0 Å². The van der Waals surface area contributed by atoms with Crippen molar-refractivity contribution in [1.82, 2.24) is 10.2 Å². The minimum absolute atomic E-state index is 0.00323. The van der Waals surface area contributed by atoms with Gasteiger partial charge in [-0.3, -0.25) is 14.5 Å². The highest BCUT2D eigenvalue weighted by Gasteiger charge is 2.23. The number of ether oxygens (including phenoxy) is 2. The number of piperidine rings is 1. The molecule has 2 rings (SSSR count). The fraction of sp³-hybridized carbons (Fsp3) is 0.600. The first-order valence-electron chi connectivity index (χ1n) is 9.70. The lowest BCUT2D eigenvalue weighted by molar-refractivity contribution is -0.124. The summed E-state index contributed by atoms with van der Waals surface area (Å²) in [5.74, 6) is 1.19. The Morgan fingerprint density at radius 3 is 2.44 bits per heavy atom. The molecule has 0 spiro atoms. The van der Waals surface area contributed by atoms with Crippen molar-refractivity contribution >= 4 is 11.8 Å². The zero-order valence-electron chi connectivity index (χ0n) is 16.3. The molecule has 0 bridgehead atoms. The molecule has 1 heterocycles. The van der Waals surface area contributed by atoms with Gasteiger partial charge < -0.3 is 20.5 Å². The Hall–Kier alpha value is -2.28. The van der Waals surface area contributed by atoms with E-state index in [1.165, 1.54) is 0 Å². The second kappa shape index (κ2) is 10.8. The maximum absolute atomic E-state index is 12.1. The van der Waals surface area contributed by atoms with Crippen LogP contribution in [-0.4, -0.2) is 56.1 Å². The normalized spacial score (nSPS) is 15.3. The number of rotatable bonds is 10. The number of nitrogens with two attached hydrogens (primary N) is 1. The molecule has 3 N–H and O–H groups in total. The summed E-state index contributed by atoms with van der Waals surface area (Å²) in [4.78, 5) is 25.4. The Labute approximate surface area is 161 Å². The number of likely N-dealkylation sites (tertiary alicyclic amines) is 1. The van der Waals surface area contributed by atoms with Crippen molar-refractivity contribution in [2.24, 2.45) is 11.7 Å². The van der Waals surface area contributed by atoms with Crippen LogP contribution >= 0.6 is 0 Å². The van der Waals surface area contributed by atoms with Crippen LogP contribution in [0.3, 0.4) is 0 Å². The summed E-state index contributed by atoms with van der Waals surface area (Å²) < 4.78 is 11.2. The van der Waals surface area contributed by atoms with Crippen molar-refractivity contribution < 1.29 is 19.1 Å². The molecule has 27 heavy (non-hydrogen) atoms. The molecule has 0 saturated carbocycles. The summed E-state index contributed by atoms with van der Waals surface area (Å²) in [6, 6.07) is 5.87. The van der Waals surface area contributed by atoms with Crippen molar-refractivity contribution in [1.29, 1.82) is 0 Å². The van der Waals surface area contributed by atoms with Gasteiger partial charge in [-0.1, -0.05) is 6.07 Å². The van der Waals surface area contributed by atoms with Crippen molar-refractivity contribution in [2.45, 2.75) is 33.1 Å². The van der Waals surface area contributed by atoms with Crippen LogP contribution < -0.4 is 20.5 Å². The molecule has 7 heteroatoms. The van der Waals surface area contributed by atoms with Crippen molar-refractivity contribution in [2.75, 3.05) is 39.4 Å². The van der Waals surface area contributed by atoms with Gasteiger partial charge in [0.1, 0.15) is 0 Å². The van der Waals surface area contributed by atoms with E-state index in [-0.39, 0.29) is 17.7 Å². The standard InChI is InChI=1S/C20H31N3O4/c1-3-26-17-6-5-15(13-18(17)27-4-2)7-10-22-19(24)14-23-11-8-16(9-12-23)20(21)25/h5-6,13,16H,3-4,7-12,14H2,1-2H3,(H2,21,25)(H,22,24). The number of primary amides is 1. The van der Waals surface area contributed by atoms with Gasteiger partial charge in [0.05, 0.1) is 19.8 Å². The number of carbonyl (C=O) groups is 2. The van der Waals surface area contributed by atoms with Crippen LogP contribution in [0, 0.1) is 5.92 Å². The van der Waals surface area contributed by atoms with Gasteiger partial charge in [-0.05, 0) is 63.9 Å². The molecule has 1 aromatic rings. The Bertz CT molecular complexity index is 628. The molecule has 2 amide bonds. The average molecular weight is 377 g/mol. The molecule has 1 aliphatic heterocycles. The van der Waals surface area contributed by atoms with Crippen LogP contribution in [0.2, 0.25) is 0 Å². The lowest BCUT2D eigenvalue weighted by atomic mass is 9.96. The van der Waals surface area contributed by atoms with Gasteiger partial charge in [-0.15, -0.1) is 0 Å². The van der Waals surface area contributed by atoms with E-state index in [9.17, 15) is 9.59 Å².